The summed E-state index contributed by atoms with van der Waals surface area (Å²) in [4.78, 5) is 9.54. The van der Waals surface area contributed by atoms with E-state index in [1.54, 1.807) is 0 Å². The van der Waals surface area contributed by atoms with Gasteiger partial charge in [-0.3, -0.25) is 4.99 Å². The topological polar surface area (TPSA) is 40.1 Å². The summed E-state index contributed by atoms with van der Waals surface area (Å²) in [5.74, 6) is 2.21. The Labute approximate surface area is 133 Å². The van der Waals surface area contributed by atoms with Crippen LogP contribution >= 0.6 is 11.8 Å². The lowest BCUT2D eigenvalue weighted by Gasteiger charge is -2.39. The second-order valence-corrected chi connectivity index (χ2v) is 8.28. The predicted octanol–water partition coefficient (Wildman–Crippen LogP) is 1.11. The molecule has 21 heavy (non-hydrogen) atoms. The smallest absolute Gasteiger partial charge is 0.194 e. The van der Waals surface area contributed by atoms with Crippen molar-refractivity contribution in [3.05, 3.63) is 0 Å². The summed E-state index contributed by atoms with van der Waals surface area (Å²) in [5, 5.41) is 3.44. The number of guanidine groups is 1. The third-order valence-electron chi connectivity index (χ3n) is 3.85. The van der Waals surface area contributed by atoms with Crippen molar-refractivity contribution in [2.24, 2.45) is 4.99 Å². The largest absolute Gasteiger partial charge is 0.374 e. The molecular weight excluding hydrogens is 284 g/mol. The van der Waals surface area contributed by atoms with Gasteiger partial charge in [0.1, 0.15) is 0 Å². The average molecular weight is 314 g/mol. The summed E-state index contributed by atoms with van der Waals surface area (Å²) in [6, 6.07) is 0. The normalized spacial score (nSPS) is 27.7. The number of likely N-dealkylation sites (N-methyl/N-ethyl adjacent to an activating group) is 1. The lowest BCUT2D eigenvalue weighted by atomic mass is 10.2. The molecule has 0 spiro atoms. The van der Waals surface area contributed by atoms with Crippen LogP contribution in [-0.2, 0) is 4.74 Å². The third kappa shape index (κ3) is 5.34. The van der Waals surface area contributed by atoms with Gasteiger partial charge in [-0.1, -0.05) is 0 Å². The van der Waals surface area contributed by atoms with E-state index < -0.39 is 0 Å². The zero-order valence-corrected chi connectivity index (χ0v) is 14.7. The number of rotatable bonds is 3. The lowest BCUT2D eigenvalue weighted by molar-refractivity contribution is -0.0137. The van der Waals surface area contributed by atoms with Crippen molar-refractivity contribution in [1.82, 2.24) is 15.1 Å². The Morgan fingerprint density at radius 2 is 2.24 bits per heavy atom. The van der Waals surface area contributed by atoms with E-state index in [-0.39, 0.29) is 6.10 Å². The first-order valence-electron chi connectivity index (χ1n) is 7.97. The maximum Gasteiger partial charge on any atom is 0.194 e. The molecule has 1 N–H and O–H groups in total. The summed E-state index contributed by atoms with van der Waals surface area (Å²) in [7, 11) is 2.15. The van der Waals surface area contributed by atoms with Crippen molar-refractivity contribution in [1.29, 1.82) is 0 Å². The van der Waals surface area contributed by atoms with Crippen LogP contribution in [-0.4, -0.2) is 85.3 Å². The Morgan fingerprint density at radius 1 is 1.43 bits per heavy atom. The molecule has 0 amide bonds. The third-order valence-corrected chi connectivity index (χ3v) is 5.14. The zero-order valence-electron chi connectivity index (χ0n) is 13.9. The van der Waals surface area contributed by atoms with E-state index in [2.05, 4.69) is 54.7 Å². The molecule has 2 aliphatic heterocycles. The number of aliphatic imine (C=N–C) groups is 1. The molecule has 0 saturated carbocycles. The van der Waals surface area contributed by atoms with E-state index in [9.17, 15) is 0 Å². The van der Waals surface area contributed by atoms with E-state index in [1.165, 1.54) is 5.75 Å². The van der Waals surface area contributed by atoms with E-state index in [0.29, 0.717) is 4.75 Å². The molecule has 0 aromatic rings. The quantitative estimate of drug-likeness (QED) is 0.624. The predicted molar refractivity (Wildman–Crippen MR) is 91.3 cm³/mol. The first-order chi connectivity index (χ1) is 10.00. The minimum absolute atomic E-state index is 0.226. The van der Waals surface area contributed by atoms with Crippen molar-refractivity contribution in [2.45, 2.75) is 31.6 Å². The Bertz CT molecular complexity index is 362. The van der Waals surface area contributed by atoms with Crippen molar-refractivity contribution in [3.8, 4) is 0 Å². The zero-order chi connectivity index (χ0) is 15.3. The van der Waals surface area contributed by atoms with Crippen molar-refractivity contribution < 1.29 is 4.74 Å². The molecule has 2 fully saturated rings. The van der Waals surface area contributed by atoms with Crippen molar-refractivity contribution >= 4 is 17.7 Å². The van der Waals surface area contributed by atoms with Gasteiger partial charge in [0, 0.05) is 43.2 Å². The van der Waals surface area contributed by atoms with Gasteiger partial charge in [0.2, 0.25) is 0 Å². The molecule has 5 nitrogen and oxygen atoms in total. The fraction of sp³-hybridized carbons (Fsp3) is 0.933. The average Bonchev–Trinajstić information content (AvgIpc) is 2.42. The Hall–Kier alpha value is -0.460. The molecule has 2 heterocycles. The second kappa shape index (κ2) is 7.70. The maximum absolute atomic E-state index is 5.81. The van der Waals surface area contributed by atoms with Gasteiger partial charge < -0.3 is 19.9 Å². The van der Waals surface area contributed by atoms with Gasteiger partial charge in [-0.05, 0) is 27.8 Å². The number of thioether (sulfide) groups is 1. The van der Waals surface area contributed by atoms with Gasteiger partial charge in [-0.15, -0.1) is 0 Å². The molecule has 0 aliphatic carbocycles. The Morgan fingerprint density at radius 3 is 2.90 bits per heavy atom. The fourth-order valence-corrected chi connectivity index (χ4v) is 3.90. The summed E-state index contributed by atoms with van der Waals surface area (Å²) in [6.07, 6.45) is 0.226. The summed E-state index contributed by atoms with van der Waals surface area (Å²) < 4.78 is 6.11. The van der Waals surface area contributed by atoms with E-state index in [0.717, 1.165) is 51.8 Å². The number of hydrogen-bond donors (Lipinski definition) is 1. The van der Waals surface area contributed by atoms with Crippen LogP contribution in [0.15, 0.2) is 4.99 Å². The molecule has 0 bridgehead atoms. The summed E-state index contributed by atoms with van der Waals surface area (Å²) >= 11 is 2.05. The molecule has 1 unspecified atom stereocenters. The fourth-order valence-electron chi connectivity index (χ4n) is 2.79. The summed E-state index contributed by atoms with van der Waals surface area (Å²) in [6.45, 7) is 13.4. The molecule has 2 saturated heterocycles. The standard InChI is InChI=1S/C15H30N4OS/c1-5-16-14(19-7-9-21-15(2,3)12-19)17-10-13-11-18(4)6-8-20-13/h13H,5-12H2,1-4H3,(H,16,17). The second-order valence-electron chi connectivity index (χ2n) is 6.48. The molecule has 2 aliphatic rings. The number of nitrogens with zero attached hydrogens (tertiary/aromatic N) is 3. The molecule has 1 atom stereocenters. The molecule has 122 valence electrons. The van der Waals surface area contributed by atoms with Gasteiger partial charge >= 0.3 is 0 Å². The Kier molecular flexibility index (Phi) is 6.20. The van der Waals surface area contributed by atoms with Gasteiger partial charge in [0.05, 0.1) is 19.3 Å². The van der Waals surface area contributed by atoms with Crippen LogP contribution in [0.3, 0.4) is 0 Å². The highest BCUT2D eigenvalue weighted by atomic mass is 32.2. The molecule has 2 rings (SSSR count). The van der Waals surface area contributed by atoms with E-state index in [4.69, 9.17) is 9.73 Å². The minimum atomic E-state index is 0.226. The van der Waals surface area contributed by atoms with Crippen LogP contribution in [0.1, 0.15) is 20.8 Å². The Balaban J connectivity index is 1.95. The lowest BCUT2D eigenvalue weighted by Crippen LogP contribution is -2.51. The van der Waals surface area contributed by atoms with E-state index >= 15 is 0 Å². The monoisotopic (exact) mass is 314 g/mol. The first-order valence-corrected chi connectivity index (χ1v) is 8.96. The molecule has 0 aromatic carbocycles. The highest BCUT2D eigenvalue weighted by Gasteiger charge is 2.29. The van der Waals surface area contributed by atoms with Gasteiger partial charge in [0.25, 0.3) is 0 Å². The SMILES string of the molecule is CCNC(=NCC1CN(C)CCO1)N1CCSC(C)(C)C1. The van der Waals surface area contributed by atoms with Gasteiger partial charge in [0.15, 0.2) is 5.96 Å². The first kappa shape index (κ1) is 16.9. The van der Waals surface area contributed by atoms with Crippen LogP contribution in [0.25, 0.3) is 0 Å². The molecular formula is C15H30N4OS. The minimum Gasteiger partial charge on any atom is -0.374 e. The van der Waals surface area contributed by atoms with Crippen LogP contribution in [0.2, 0.25) is 0 Å². The highest BCUT2D eigenvalue weighted by molar-refractivity contribution is 8.00. The number of nitrogens with one attached hydrogen (secondary N) is 1. The van der Waals surface area contributed by atoms with Gasteiger partial charge in [-0.25, -0.2) is 0 Å². The number of morpholine rings is 1. The van der Waals surface area contributed by atoms with Crippen LogP contribution in [0, 0.1) is 0 Å². The van der Waals surface area contributed by atoms with Gasteiger partial charge in [-0.2, -0.15) is 11.8 Å². The van der Waals surface area contributed by atoms with Crippen LogP contribution < -0.4 is 5.32 Å². The maximum atomic E-state index is 5.81. The van der Waals surface area contributed by atoms with Crippen molar-refractivity contribution in [3.63, 3.8) is 0 Å². The van der Waals surface area contributed by atoms with Crippen LogP contribution in [0.4, 0.5) is 0 Å². The number of ether oxygens (including phenoxy) is 1. The number of hydrogen-bond acceptors (Lipinski definition) is 4. The molecule has 0 radical (unpaired) electrons. The highest BCUT2D eigenvalue weighted by Crippen LogP contribution is 2.29. The van der Waals surface area contributed by atoms with Crippen molar-refractivity contribution in [2.75, 3.05) is 58.7 Å². The molecule has 6 heteroatoms. The molecule has 0 aromatic heterocycles. The van der Waals surface area contributed by atoms with E-state index in [1.807, 2.05) is 0 Å². The summed E-state index contributed by atoms with van der Waals surface area (Å²) in [5.41, 5.74) is 0. The van der Waals surface area contributed by atoms with Crippen LogP contribution in [0.5, 0.6) is 0 Å².